The lowest BCUT2D eigenvalue weighted by molar-refractivity contribution is -0.147. The SMILES string of the molecule is Cc1ccc(=O)n(C(CC(=O)O)C(=O)O)n1. The first-order valence-electron chi connectivity index (χ1n) is 4.43. The molecule has 1 heterocycles. The summed E-state index contributed by atoms with van der Waals surface area (Å²) in [5, 5.41) is 21.1. The lowest BCUT2D eigenvalue weighted by atomic mass is 10.2. The average molecular weight is 226 g/mol. The molecule has 86 valence electrons. The fourth-order valence-electron chi connectivity index (χ4n) is 1.19. The molecule has 0 fully saturated rings. The molecule has 0 saturated heterocycles. The molecule has 0 spiro atoms. The smallest absolute Gasteiger partial charge is 0.329 e. The fourth-order valence-corrected chi connectivity index (χ4v) is 1.19. The lowest BCUT2D eigenvalue weighted by Crippen LogP contribution is -2.33. The standard InChI is InChI=1S/C9H10N2O5/c1-5-2-3-7(12)11(10-5)6(9(15)16)4-8(13)14/h2-3,6H,4H2,1H3,(H,13,14)(H,15,16). The van der Waals surface area contributed by atoms with E-state index in [-0.39, 0.29) is 0 Å². The van der Waals surface area contributed by atoms with Crippen LogP contribution in [0, 0.1) is 6.92 Å². The van der Waals surface area contributed by atoms with Crippen LogP contribution in [0.5, 0.6) is 0 Å². The zero-order valence-electron chi connectivity index (χ0n) is 8.45. The van der Waals surface area contributed by atoms with Gasteiger partial charge in [-0.05, 0) is 13.0 Å². The molecule has 16 heavy (non-hydrogen) atoms. The molecule has 0 bridgehead atoms. The molecule has 1 atom stereocenters. The summed E-state index contributed by atoms with van der Waals surface area (Å²) in [6.07, 6.45) is -0.689. The van der Waals surface area contributed by atoms with E-state index in [1.165, 1.54) is 6.07 Å². The predicted molar refractivity (Wildman–Crippen MR) is 52.2 cm³/mol. The number of rotatable bonds is 4. The van der Waals surface area contributed by atoms with Gasteiger partial charge in [-0.25, -0.2) is 9.48 Å². The Bertz CT molecular complexity index is 479. The van der Waals surface area contributed by atoms with E-state index in [9.17, 15) is 14.4 Å². The van der Waals surface area contributed by atoms with E-state index in [1.54, 1.807) is 6.92 Å². The lowest BCUT2D eigenvalue weighted by Gasteiger charge is -2.12. The molecular formula is C9H10N2O5. The first kappa shape index (κ1) is 11.9. The zero-order valence-corrected chi connectivity index (χ0v) is 8.45. The molecule has 2 N–H and O–H groups in total. The second-order valence-corrected chi connectivity index (χ2v) is 3.21. The molecule has 0 aromatic carbocycles. The highest BCUT2D eigenvalue weighted by atomic mass is 16.4. The van der Waals surface area contributed by atoms with Crippen LogP contribution in [0.25, 0.3) is 0 Å². The van der Waals surface area contributed by atoms with Crippen LogP contribution in [-0.2, 0) is 9.59 Å². The molecule has 0 aliphatic heterocycles. The van der Waals surface area contributed by atoms with Gasteiger partial charge < -0.3 is 10.2 Å². The summed E-state index contributed by atoms with van der Waals surface area (Å²) in [5.41, 5.74) is -0.199. The molecule has 7 heteroatoms. The van der Waals surface area contributed by atoms with Gasteiger partial charge in [-0.15, -0.1) is 0 Å². The Balaban J connectivity index is 3.20. The van der Waals surface area contributed by atoms with Crippen molar-refractivity contribution in [2.45, 2.75) is 19.4 Å². The third-order valence-electron chi connectivity index (χ3n) is 1.91. The minimum absolute atomic E-state index is 0.441. The van der Waals surface area contributed by atoms with Crippen LogP contribution >= 0.6 is 0 Å². The van der Waals surface area contributed by atoms with Crippen molar-refractivity contribution in [1.82, 2.24) is 9.78 Å². The van der Waals surface area contributed by atoms with E-state index in [0.717, 1.165) is 6.07 Å². The molecule has 0 amide bonds. The third-order valence-corrected chi connectivity index (χ3v) is 1.91. The Hall–Kier alpha value is -2.18. The van der Waals surface area contributed by atoms with Crippen molar-refractivity contribution in [2.24, 2.45) is 0 Å². The monoisotopic (exact) mass is 226 g/mol. The Morgan fingerprint density at radius 2 is 2.06 bits per heavy atom. The van der Waals surface area contributed by atoms with Crippen LogP contribution in [0.3, 0.4) is 0 Å². The van der Waals surface area contributed by atoms with Gasteiger partial charge in [0.05, 0.1) is 12.1 Å². The van der Waals surface area contributed by atoms with Gasteiger partial charge in [-0.2, -0.15) is 5.10 Å². The second-order valence-electron chi connectivity index (χ2n) is 3.21. The van der Waals surface area contributed by atoms with Gasteiger partial charge in [0, 0.05) is 6.07 Å². The van der Waals surface area contributed by atoms with Gasteiger partial charge in [0.25, 0.3) is 5.56 Å². The van der Waals surface area contributed by atoms with Crippen molar-refractivity contribution in [3.63, 3.8) is 0 Å². The number of aromatic nitrogens is 2. The summed E-state index contributed by atoms with van der Waals surface area (Å²) in [7, 11) is 0. The number of carboxylic acid groups (broad SMARTS) is 2. The van der Waals surface area contributed by atoms with Crippen molar-refractivity contribution in [1.29, 1.82) is 0 Å². The summed E-state index contributed by atoms with van der Waals surface area (Å²) in [6, 6.07) is 1.10. The van der Waals surface area contributed by atoms with Crippen LogP contribution in [0.15, 0.2) is 16.9 Å². The van der Waals surface area contributed by atoms with Gasteiger partial charge in [0.1, 0.15) is 0 Å². The van der Waals surface area contributed by atoms with Crippen molar-refractivity contribution in [3.05, 3.63) is 28.2 Å². The van der Waals surface area contributed by atoms with E-state index in [0.29, 0.717) is 10.4 Å². The van der Waals surface area contributed by atoms with Gasteiger partial charge in [-0.3, -0.25) is 9.59 Å². The van der Waals surface area contributed by atoms with E-state index >= 15 is 0 Å². The molecule has 7 nitrogen and oxygen atoms in total. The summed E-state index contributed by atoms with van der Waals surface area (Å²) in [4.78, 5) is 32.7. The fraction of sp³-hybridized carbons (Fsp3) is 0.333. The average Bonchev–Trinajstić information content (AvgIpc) is 2.18. The molecule has 0 aliphatic rings. The first-order valence-corrected chi connectivity index (χ1v) is 4.43. The maximum absolute atomic E-state index is 11.3. The Morgan fingerprint density at radius 3 is 2.56 bits per heavy atom. The van der Waals surface area contributed by atoms with Crippen LogP contribution in [0.2, 0.25) is 0 Å². The molecule has 0 radical (unpaired) electrons. The van der Waals surface area contributed by atoms with Gasteiger partial charge in [0.2, 0.25) is 0 Å². The zero-order chi connectivity index (χ0) is 12.3. The molecule has 1 aromatic rings. The van der Waals surface area contributed by atoms with Gasteiger partial charge in [0.15, 0.2) is 6.04 Å². The number of nitrogens with zero attached hydrogens (tertiary/aromatic N) is 2. The Morgan fingerprint density at radius 1 is 1.44 bits per heavy atom. The molecule has 0 saturated carbocycles. The van der Waals surface area contributed by atoms with Crippen molar-refractivity contribution < 1.29 is 19.8 Å². The van der Waals surface area contributed by atoms with Gasteiger partial charge in [-0.1, -0.05) is 0 Å². The predicted octanol–water partition coefficient (Wildman–Crippen LogP) is -0.348. The number of carboxylic acids is 2. The van der Waals surface area contributed by atoms with Crippen LogP contribution < -0.4 is 5.56 Å². The number of aryl methyl sites for hydroxylation is 1. The van der Waals surface area contributed by atoms with E-state index in [1.807, 2.05) is 0 Å². The summed E-state index contributed by atoms with van der Waals surface area (Å²) in [5.74, 6) is -2.70. The third kappa shape index (κ3) is 2.66. The van der Waals surface area contributed by atoms with Crippen molar-refractivity contribution in [3.8, 4) is 0 Å². The number of carbonyl (C=O) groups is 2. The minimum Gasteiger partial charge on any atom is -0.481 e. The quantitative estimate of drug-likeness (QED) is 0.726. The maximum Gasteiger partial charge on any atom is 0.329 e. The van der Waals surface area contributed by atoms with Crippen LogP contribution in [-0.4, -0.2) is 31.9 Å². The van der Waals surface area contributed by atoms with Crippen LogP contribution in [0.4, 0.5) is 0 Å². The van der Waals surface area contributed by atoms with Crippen LogP contribution in [0.1, 0.15) is 18.2 Å². The highest BCUT2D eigenvalue weighted by Crippen LogP contribution is 2.08. The Labute approximate surface area is 89.9 Å². The topological polar surface area (TPSA) is 109 Å². The van der Waals surface area contributed by atoms with E-state index in [4.69, 9.17) is 10.2 Å². The van der Waals surface area contributed by atoms with E-state index < -0.39 is 30.0 Å². The number of hydrogen-bond acceptors (Lipinski definition) is 4. The maximum atomic E-state index is 11.3. The molecule has 0 aliphatic carbocycles. The molecule has 1 aromatic heterocycles. The van der Waals surface area contributed by atoms with Crippen molar-refractivity contribution >= 4 is 11.9 Å². The summed E-state index contributed by atoms with van der Waals surface area (Å²) >= 11 is 0. The second kappa shape index (κ2) is 4.56. The highest BCUT2D eigenvalue weighted by molar-refractivity contribution is 5.79. The first-order chi connectivity index (χ1) is 7.41. The number of hydrogen-bond donors (Lipinski definition) is 2. The largest absolute Gasteiger partial charge is 0.481 e. The van der Waals surface area contributed by atoms with E-state index in [2.05, 4.69) is 5.10 Å². The number of aliphatic carboxylic acids is 2. The summed E-state index contributed by atoms with van der Waals surface area (Å²) in [6.45, 7) is 1.58. The Kier molecular flexibility index (Phi) is 3.39. The highest BCUT2D eigenvalue weighted by Gasteiger charge is 2.24. The minimum atomic E-state index is -1.48. The molecular weight excluding hydrogens is 216 g/mol. The van der Waals surface area contributed by atoms with Crippen molar-refractivity contribution in [2.75, 3.05) is 0 Å². The molecule has 1 rings (SSSR count). The molecule has 1 unspecified atom stereocenters. The van der Waals surface area contributed by atoms with Gasteiger partial charge >= 0.3 is 11.9 Å². The normalized spacial score (nSPS) is 12.1. The summed E-state index contributed by atoms with van der Waals surface area (Å²) < 4.78 is 0.672.